The minimum Gasteiger partial charge on any atom is -0.353 e. The number of carbonyl (C=O) groups is 1. The van der Waals surface area contributed by atoms with E-state index in [9.17, 15) is 4.79 Å². The monoisotopic (exact) mass is 331 g/mol. The van der Waals surface area contributed by atoms with Crippen molar-refractivity contribution in [3.05, 3.63) is 22.4 Å². The molecular weight excluding hydrogens is 306 g/mol. The van der Waals surface area contributed by atoms with Crippen molar-refractivity contribution in [1.82, 2.24) is 5.32 Å². The second-order valence-corrected chi connectivity index (χ2v) is 5.97. The molecule has 1 aromatic rings. The van der Waals surface area contributed by atoms with Crippen molar-refractivity contribution < 1.29 is 23.7 Å². The van der Waals surface area contributed by atoms with Gasteiger partial charge in [0.2, 0.25) is 0 Å². The van der Waals surface area contributed by atoms with Gasteiger partial charge in [0.05, 0.1) is 11.4 Å². The number of amides is 1. The summed E-state index contributed by atoms with van der Waals surface area (Å²) in [6.07, 6.45) is 1.06. The summed E-state index contributed by atoms with van der Waals surface area (Å²) < 4.78 is 21.7. The normalized spacial score (nSPS) is 12.4. The third-order valence-electron chi connectivity index (χ3n) is 3.83. The Kier molecular flexibility index (Phi) is 7.44. The van der Waals surface area contributed by atoms with Crippen LogP contribution in [0.3, 0.4) is 0 Å². The maximum Gasteiger partial charge on any atom is 0.261 e. The fraction of sp³-hybridized carbons (Fsp3) is 0.667. The number of thiophene rings is 1. The van der Waals surface area contributed by atoms with E-state index in [0.29, 0.717) is 17.7 Å². The Morgan fingerprint density at radius 3 is 2.23 bits per heavy atom. The molecule has 0 aliphatic heterocycles. The van der Waals surface area contributed by atoms with E-state index >= 15 is 0 Å². The van der Waals surface area contributed by atoms with Crippen molar-refractivity contribution in [3.8, 4) is 0 Å². The molecule has 1 rings (SSSR count). The minimum absolute atomic E-state index is 0.144. The maximum absolute atomic E-state index is 12.0. The van der Waals surface area contributed by atoms with Crippen LogP contribution in [-0.4, -0.2) is 52.5 Å². The average molecular weight is 331 g/mol. The number of nitrogens with one attached hydrogen (secondary N) is 1. The molecule has 0 fully saturated rings. The molecule has 0 spiro atoms. The number of methoxy groups -OCH3 is 4. The van der Waals surface area contributed by atoms with E-state index in [-0.39, 0.29) is 12.5 Å². The fourth-order valence-electron chi connectivity index (χ4n) is 1.93. The van der Waals surface area contributed by atoms with E-state index in [1.807, 2.05) is 18.4 Å². The zero-order valence-electron chi connectivity index (χ0n) is 13.8. The first-order valence-electron chi connectivity index (χ1n) is 6.96. The Hall–Kier alpha value is -0.990. The van der Waals surface area contributed by atoms with Crippen LogP contribution in [0.15, 0.2) is 17.5 Å². The van der Waals surface area contributed by atoms with E-state index in [2.05, 4.69) is 5.32 Å². The molecule has 0 saturated heterocycles. The Balaban J connectivity index is 2.64. The van der Waals surface area contributed by atoms with Crippen LogP contribution < -0.4 is 5.32 Å². The highest BCUT2D eigenvalue weighted by Crippen LogP contribution is 2.25. The molecule has 0 aliphatic carbocycles. The zero-order chi connectivity index (χ0) is 16.6. The summed E-state index contributed by atoms with van der Waals surface area (Å²) in [5.74, 6) is -1.79. The third kappa shape index (κ3) is 5.03. The first kappa shape index (κ1) is 19.1. The molecular formula is C15H25NO5S. The molecule has 0 atom stereocenters. The number of rotatable bonds is 10. The lowest BCUT2D eigenvalue weighted by Gasteiger charge is -2.35. The summed E-state index contributed by atoms with van der Waals surface area (Å²) in [7, 11) is 6.28. The van der Waals surface area contributed by atoms with Gasteiger partial charge in [-0.2, -0.15) is 0 Å². The largest absolute Gasteiger partial charge is 0.353 e. The summed E-state index contributed by atoms with van der Waals surface area (Å²) in [5.41, 5.74) is 0. The second-order valence-electron chi connectivity index (χ2n) is 5.02. The molecule has 0 aromatic carbocycles. The van der Waals surface area contributed by atoms with Crippen molar-refractivity contribution in [3.63, 3.8) is 0 Å². The molecule has 1 amide bonds. The van der Waals surface area contributed by atoms with Gasteiger partial charge in [0.1, 0.15) is 0 Å². The zero-order valence-corrected chi connectivity index (χ0v) is 14.6. The summed E-state index contributed by atoms with van der Waals surface area (Å²) in [5, 5.41) is 4.70. The Morgan fingerprint density at radius 1 is 1.14 bits per heavy atom. The quantitative estimate of drug-likeness (QED) is 0.666. The smallest absolute Gasteiger partial charge is 0.261 e. The number of hydrogen-bond donors (Lipinski definition) is 1. The van der Waals surface area contributed by atoms with Gasteiger partial charge in [-0.25, -0.2) is 0 Å². The highest BCUT2D eigenvalue weighted by atomic mass is 32.1. The van der Waals surface area contributed by atoms with E-state index in [1.54, 1.807) is 34.5 Å². The lowest BCUT2D eigenvalue weighted by Crippen LogP contribution is -2.47. The molecule has 0 aliphatic rings. The van der Waals surface area contributed by atoms with Gasteiger partial charge in [0, 0.05) is 41.3 Å². The van der Waals surface area contributed by atoms with Gasteiger partial charge in [-0.1, -0.05) is 6.07 Å². The number of carbonyl (C=O) groups excluding carboxylic acids is 1. The van der Waals surface area contributed by atoms with Crippen molar-refractivity contribution >= 4 is 17.2 Å². The topological polar surface area (TPSA) is 66.0 Å². The van der Waals surface area contributed by atoms with Crippen molar-refractivity contribution in [1.29, 1.82) is 0 Å². The lowest BCUT2D eigenvalue weighted by atomic mass is 10.0. The van der Waals surface area contributed by atoms with Crippen LogP contribution >= 0.6 is 11.3 Å². The molecule has 1 aromatic heterocycles. The first-order valence-corrected chi connectivity index (χ1v) is 7.84. The summed E-state index contributed by atoms with van der Waals surface area (Å²) in [6.45, 7) is 2.08. The molecule has 6 nitrogen and oxygen atoms in total. The molecule has 22 heavy (non-hydrogen) atoms. The molecule has 7 heteroatoms. The number of ether oxygens (including phenoxy) is 4. The summed E-state index contributed by atoms with van der Waals surface area (Å²) >= 11 is 1.39. The maximum atomic E-state index is 12.0. The number of hydrogen-bond acceptors (Lipinski definition) is 6. The standard InChI is InChI=1S/C15H25NO5S/c1-14(18-2,19-3)8-9-15(20-4,21-5)11-16-13(17)12-7-6-10-22-12/h6-7,10H,8-9,11H2,1-5H3,(H,16,17). The lowest BCUT2D eigenvalue weighted by molar-refractivity contribution is -0.239. The molecule has 0 bridgehead atoms. The van der Waals surface area contributed by atoms with Gasteiger partial charge in [0.25, 0.3) is 5.91 Å². The van der Waals surface area contributed by atoms with Crippen LogP contribution in [0.5, 0.6) is 0 Å². The van der Waals surface area contributed by atoms with E-state index < -0.39 is 11.6 Å². The summed E-state index contributed by atoms with van der Waals surface area (Å²) in [4.78, 5) is 12.7. The van der Waals surface area contributed by atoms with Crippen LogP contribution in [0.4, 0.5) is 0 Å². The van der Waals surface area contributed by atoms with E-state index in [4.69, 9.17) is 18.9 Å². The predicted octanol–water partition coefficient (Wildman–Crippen LogP) is 2.26. The van der Waals surface area contributed by atoms with Crippen molar-refractivity contribution in [2.45, 2.75) is 31.3 Å². The van der Waals surface area contributed by atoms with E-state index in [1.165, 1.54) is 11.3 Å². The van der Waals surface area contributed by atoms with Crippen LogP contribution in [0.25, 0.3) is 0 Å². The Bertz CT molecular complexity index is 441. The average Bonchev–Trinajstić information content (AvgIpc) is 3.09. The highest BCUT2D eigenvalue weighted by molar-refractivity contribution is 7.12. The molecule has 1 N–H and O–H groups in total. The predicted molar refractivity (Wildman–Crippen MR) is 85.1 cm³/mol. The van der Waals surface area contributed by atoms with Gasteiger partial charge in [-0.05, 0) is 18.4 Å². The van der Waals surface area contributed by atoms with Crippen LogP contribution in [-0.2, 0) is 18.9 Å². The summed E-state index contributed by atoms with van der Waals surface area (Å²) in [6, 6.07) is 3.61. The highest BCUT2D eigenvalue weighted by Gasteiger charge is 2.34. The molecule has 0 radical (unpaired) electrons. The second kappa shape index (κ2) is 8.59. The molecule has 1 heterocycles. The van der Waals surface area contributed by atoms with Crippen molar-refractivity contribution in [2.75, 3.05) is 35.0 Å². The van der Waals surface area contributed by atoms with Gasteiger partial charge in [-0.15, -0.1) is 11.3 Å². The van der Waals surface area contributed by atoms with Gasteiger partial charge >= 0.3 is 0 Å². The van der Waals surface area contributed by atoms with Crippen LogP contribution in [0.2, 0.25) is 0 Å². The van der Waals surface area contributed by atoms with Crippen molar-refractivity contribution in [2.24, 2.45) is 0 Å². The van der Waals surface area contributed by atoms with E-state index in [0.717, 1.165) is 0 Å². The molecule has 0 unspecified atom stereocenters. The van der Waals surface area contributed by atoms with Crippen LogP contribution in [0.1, 0.15) is 29.4 Å². The van der Waals surface area contributed by atoms with Gasteiger partial charge in [0.15, 0.2) is 11.6 Å². The molecule has 126 valence electrons. The third-order valence-corrected chi connectivity index (χ3v) is 4.70. The fourth-order valence-corrected chi connectivity index (χ4v) is 2.58. The van der Waals surface area contributed by atoms with Gasteiger partial charge < -0.3 is 24.3 Å². The SMILES string of the molecule is COC(C)(CCC(CNC(=O)c1cccs1)(OC)OC)OC. The molecule has 0 saturated carbocycles. The van der Waals surface area contributed by atoms with Crippen LogP contribution in [0, 0.1) is 0 Å². The Morgan fingerprint density at radius 2 is 1.77 bits per heavy atom. The first-order chi connectivity index (χ1) is 10.4. The Labute approximate surface area is 135 Å². The van der Waals surface area contributed by atoms with Gasteiger partial charge in [-0.3, -0.25) is 4.79 Å². The minimum atomic E-state index is -0.925.